The standard InChI is InChI=1S/C14H21NO5S/c1-5-14(3,4)15(13(16)17)12-8-6-7-11(9-12)10(2)20-21(18)19/h6-10H,5H2,1-4H3,(H,16,17)(H,18,19). The maximum Gasteiger partial charge on any atom is 0.412 e. The van der Waals surface area contributed by atoms with Crippen molar-refractivity contribution < 1.29 is 22.8 Å². The second-order valence-corrected chi connectivity index (χ2v) is 5.96. The molecule has 0 saturated heterocycles. The van der Waals surface area contributed by atoms with Gasteiger partial charge in [-0.2, -0.15) is 4.21 Å². The molecule has 0 aromatic heterocycles. The van der Waals surface area contributed by atoms with Crippen molar-refractivity contribution in [2.75, 3.05) is 4.90 Å². The largest absolute Gasteiger partial charge is 0.465 e. The molecule has 2 unspecified atom stereocenters. The molecule has 118 valence electrons. The van der Waals surface area contributed by atoms with Gasteiger partial charge in [0, 0.05) is 11.2 Å². The third kappa shape index (κ3) is 4.52. The SMILES string of the molecule is CCC(C)(C)N(C(=O)O)c1cccc(C(C)OS(=O)O)c1. The van der Waals surface area contributed by atoms with Gasteiger partial charge in [-0.25, -0.2) is 4.79 Å². The Kier molecular flexibility index (Phi) is 5.88. The number of benzene rings is 1. The fourth-order valence-corrected chi connectivity index (χ4v) is 2.33. The average Bonchev–Trinajstić information content (AvgIpc) is 2.37. The molecular weight excluding hydrogens is 294 g/mol. The lowest BCUT2D eigenvalue weighted by molar-refractivity contribution is 0.193. The van der Waals surface area contributed by atoms with E-state index in [1.54, 1.807) is 31.2 Å². The minimum Gasteiger partial charge on any atom is -0.465 e. The minimum atomic E-state index is -2.37. The number of carboxylic acid groups (broad SMARTS) is 1. The molecule has 0 aliphatic rings. The Morgan fingerprint density at radius 3 is 2.57 bits per heavy atom. The number of hydrogen-bond donors (Lipinski definition) is 2. The second kappa shape index (κ2) is 7.02. The molecule has 0 heterocycles. The second-order valence-electron chi connectivity index (χ2n) is 5.33. The quantitative estimate of drug-likeness (QED) is 0.784. The van der Waals surface area contributed by atoms with Crippen LogP contribution in [0.2, 0.25) is 0 Å². The van der Waals surface area contributed by atoms with Crippen molar-refractivity contribution in [2.45, 2.75) is 45.8 Å². The number of rotatable bonds is 6. The van der Waals surface area contributed by atoms with Gasteiger partial charge in [0.15, 0.2) is 0 Å². The van der Waals surface area contributed by atoms with E-state index in [4.69, 9.17) is 8.74 Å². The molecule has 6 nitrogen and oxygen atoms in total. The fourth-order valence-electron chi connectivity index (χ4n) is 1.97. The van der Waals surface area contributed by atoms with Crippen LogP contribution in [0.25, 0.3) is 0 Å². The lowest BCUT2D eigenvalue weighted by Crippen LogP contribution is -2.47. The molecule has 21 heavy (non-hydrogen) atoms. The summed E-state index contributed by atoms with van der Waals surface area (Å²) in [4.78, 5) is 12.9. The van der Waals surface area contributed by atoms with Crippen LogP contribution in [0.5, 0.6) is 0 Å². The van der Waals surface area contributed by atoms with Crippen molar-refractivity contribution in [3.63, 3.8) is 0 Å². The molecule has 0 bridgehead atoms. The van der Waals surface area contributed by atoms with Crippen molar-refractivity contribution in [2.24, 2.45) is 0 Å². The first-order valence-corrected chi connectivity index (χ1v) is 7.63. The summed E-state index contributed by atoms with van der Waals surface area (Å²) >= 11 is -2.37. The summed E-state index contributed by atoms with van der Waals surface area (Å²) in [6, 6.07) is 6.77. The summed E-state index contributed by atoms with van der Waals surface area (Å²) in [5.41, 5.74) is 0.577. The molecule has 0 spiro atoms. The highest BCUT2D eigenvalue weighted by Crippen LogP contribution is 2.29. The predicted molar refractivity (Wildman–Crippen MR) is 81.6 cm³/mol. The molecule has 7 heteroatoms. The molecular formula is C14H21NO5S. The number of nitrogens with zero attached hydrogens (tertiary/aromatic N) is 1. The number of hydrogen-bond acceptors (Lipinski definition) is 3. The summed E-state index contributed by atoms with van der Waals surface area (Å²) in [6.45, 7) is 7.23. The van der Waals surface area contributed by atoms with Crippen molar-refractivity contribution in [3.8, 4) is 0 Å². The molecule has 0 radical (unpaired) electrons. The van der Waals surface area contributed by atoms with Crippen LogP contribution in [-0.4, -0.2) is 25.5 Å². The predicted octanol–water partition coefficient (Wildman–Crippen LogP) is 3.57. The van der Waals surface area contributed by atoms with Crippen LogP contribution >= 0.6 is 0 Å². The van der Waals surface area contributed by atoms with Crippen LogP contribution in [0.15, 0.2) is 24.3 Å². The Hall–Kier alpha value is -1.44. The summed E-state index contributed by atoms with van der Waals surface area (Å²) in [5.74, 6) is 0. The van der Waals surface area contributed by atoms with Crippen LogP contribution in [0.3, 0.4) is 0 Å². The van der Waals surface area contributed by atoms with Gasteiger partial charge in [-0.15, -0.1) is 0 Å². The van der Waals surface area contributed by atoms with E-state index in [9.17, 15) is 14.1 Å². The Balaban J connectivity index is 3.17. The Labute approximate surface area is 127 Å². The summed E-state index contributed by atoms with van der Waals surface area (Å²) in [6.07, 6.45) is -1.01. The Morgan fingerprint density at radius 2 is 2.10 bits per heavy atom. The van der Waals surface area contributed by atoms with Crippen molar-refractivity contribution in [1.29, 1.82) is 0 Å². The van der Waals surface area contributed by atoms with E-state index < -0.39 is 29.1 Å². The van der Waals surface area contributed by atoms with E-state index in [1.807, 2.05) is 20.8 Å². The maximum absolute atomic E-state index is 11.6. The summed E-state index contributed by atoms with van der Waals surface area (Å²) in [7, 11) is 0. The van der Waals surface area contributed by atoms with Gasteiger partial charge in [-0.3, -0.25) is 13.6 Å². The maximum atomic E-state index is 11.6. The smallest absolute Gasteiger partial charge is 0.412 e. The van der Waals surface area contributed by atoms with Gasteiger partial charge >= 0.3 is 17.5 Å². The van der Waals surface area contributed by atoms with Crippen molar-refractivity contribution >= 4 is 23.1 Å². The molecule has 1 aromatic rings. The zero-order chi connectivity index (χ0) is 16.2. The highest BCUT2D eigenvalue weighted by atomic mass is 32.2. The number of carbonyl (C=O) groups is 1. The molecule has 2 atom stereocenters. The van der Waals surface area contributed by atoms with Crippen molar-refractivity contribution in [1.82, 2.24) is 0 Å². The lowest BCUT2D eigenvalue weighted by Gasteiger charge is -2.36. The zero-order valence-corrected chi connectivity index (χ0v) is 13.4. The summed E-state index contributed by atoms with van der Waals surface area (Å²) in [5, 5.41) is 9.47. The fraction of sp³-hybridized carbons (Fsp3) is 0.500. The van der Waals surface area contributed by atoms with E-state index in [0.717, 1.165) is 0 Å². The van der Waals surface area contributed by atoms with E-state index >= 15 is 0 Å². The number of anilines is 1. The van der Waals surface area contributed by atoms with Crippen LogP contribution < -0.4 is 4.90 Å². The molecule has 0 aliphatic carbocycles. The minimum absolute atomic E-state index is 0.506. The van der Waals surface area contributed by atoms with E-state index in [-0.39, 0.29) is 0 Å². The van der Waals surface area contributed by atoms with Gasteiger partial charge < -0.3 is 5.11 Å². The van der Waals surface area contributed by atoms with Crippen molar-refractivity contribution in [3.05, 3.63) is 29.8 Å². The van der Waals surface area contributed by atoms with Crippen LogP contribution in [-0.2, 0) is 15.5 Å². The lowest BCUT2D eigenvalue weighted by atomic mass is 9.98. The zero-order valence-electron chi connectivity index (χ0n) is 12.6. The highest BCUT2D eigenvalue weighted by Gasteiger charge is 2.31. The molecule has 1 aromatic carbocycles. The number of amides is 1. The van der Waals surface area contributed by atoms with E-state index in [2.05, 4.69) is 0 Å². The molecule has 0 fully saturated rings. The van der Waals surface area contributed by atoms with Crippen LogP contribution in [0.1, 0.15) is 45.8 Å². The van der Waals surface area contributed by atoms with E-state index in [0.29, 0.717) is 17.7 Å². The Morgan fingerprint density at radius 1 is 1.48 bits per heavy atom. The van der Waals surface area contributed by atoms with E-state index in [1.165, 1.54) is 4.90 Å². The Bertz CT molecular complexity index is 532. The van der Waals surface area contributed by atoms with Crippen LogP contribution in [0, 0.1) is 0 Å². The third-order valence-corrected chi connectivity index (χ3v) is 3.94. The van der Waals surface area contributed by atoms with Gasteiger partial charge in [0.1, 0.15) is 0 Å². The monoisotopic (exact) mass is 315 g/mol. The topological polar surface area (TPSA) is 87.1 Å². The molecule has 0 aliphatic heterocycles. The van der Waals surface area contributed by atoms with Crippen LogP contribution in [0.4, 0.5) is 10.5 Å². The third-order valence-electron chi connectivity index (χ3n) is 3.49. The first-order chi connectivity index (χ1) is 9.69. The molecule has 0 saturated carbocycles. The molecule has 1 amide bonds. The molecule has 1 rings (SSSR count). The highest BCUT2D eigenvalue weighted by molar-refractivity contribution is 7.74. The first-order valence-electron chi connectivity index (χ1n) is 6.60. The van der Waals surface area contributed by atoms with Gasteiger partial charge in [-0.1, -0.05) is 19.1 Å². The normalized spacial score (nSPS) is 14.5. The van der Waals surface area contributed by atoms with Gasteiger partial charge in [0.2, 0.25) is 0 Å². The van der Waals surface area contributed by atoms with Gasteiger partial charge in [-0.05, 0) is 44.9 Å². The first kappa shape index (κ1) is 17.6. The average molecular weight is 315 g/mol. The molecule has 2 N–H and O–H groups in total. The van der Waals surface area contributed by atoms with Gasteiger partial charge in [0.05, 0.1) is 6.10 Å². The van der Waals surface area contributed by atoms with Gasteiger partial charge in [0.25, 0.3) is 0 Å². The summed E-state index contributed by atoms with van der Waals surface area (Å²) < 4.78 is 24.3.